The SMILES string of the molecule is CCc1cc(N[C@H](C)c2nc(C)sc2C)n2nccc2n1. The number of aryl methyl sites for hydroxylation is 3. The molecular formula is C15H19N5S. The van der Waals surface area contributed by atoms with Crippen molar-refractivity contribution in [3.05, 3.63) is 39.6 Å². The highest BCUT2D eigenvalue weighted by Crippen LogP contribution is 2.26. The standard InChI is InChI=1S/C15H19N5S/c1-5-12-8-14(20-13(19-12)6-7-16-20)17-9(2)15-10(3)21-11(4)18-15/h6-9,17H,5H2,1-4H3/t9-/m1/s1. The van der Waals surface area contributed by atoms with Crippen molar-refractivity contribution in [1.82, 2.24) is 19.6 Å². The van der Waals surface area contributed by atoms with Crippen molar-refractivity contribution in [2.45, 2.75) is 40.2 Å². The third-order valence-electron chi connectivity index (χ3n) is 3.49. The third-order valence-corrected chi connectivity index (χ3v) is 4.39. The number of hydrogen-bond donors (Lipinski definition) is 1. The molecule has 3 heterocycles. The van der Waals surface area contributed by atoms with E-state index in [2.05, 4.69) is 47.2 Å². The van der Waals surface area contributed by atoms with Crippen LogP contribution >= 0.6 is 11.3 Å². The molecule has 0 fully saturated rings. The number of thiazole rings is 1. The van der Waals surface area contributed by atoms with Crippen LogP contribution in [0.1, 0.15) is 41.2 Å². The Morgan fingerprint density at radius 1 is 1.33 bits per heavy atom. The maximum absolute atomic E-state index is 4.63. The quantitative estimate of drug-likeness (QED) is 0.801. The Balaban J connectivity index is 1.97. The maximum Gasteiger partial charge on any atom is 0.157 e. The van der Waals surface area contributed by atoms with Crippen molar-refractivity contribution in [2.24, 2.45) is 0 Å². The van der Waals surface area contributed by atoms with Gasteiger partial charge >= 0.3 is 0 Å². The second kappa shape index (κ2) is 5.44. The monoisotopic (exact) mass is 301 g/mol. The van der Waals surface area contributed by atoms with Crippen LogP contribution in [0.3, 0.4) is 0 Å². The fraction of sp³-hybridized carbons (Fsp3) is 0.400. The average Bonchev–Trinajstić information content (AvgIpc) is 3.04. The summed E-state index contributed by atoms with van der Waals surface area (Å²) in [5, 5.41) is 8.96. The topological polar surface area (TPSA) is 55.1 Å². The predicted molar refractivity (Wildman–Crippen MR) is 86.0 cm³/mol. The van der Waals surface area contributed by atoms with Crippen LogP contribution < -0.4 is 5.32 Å². The highest BCUT2D eigenvalue weighted by molar-refractivity contribution is 7.11. The normalized spacial score (nSPS) is 12.8. The van der Waals surface area contributed by atoms with E-state index >= 15 is 0 Å². The summed E-state index contributed by atoms with van der Waals surface area (Å²) in [6.07, 6.45) is 2.68. The Morgan fingerprint density at radius 3 is 2.81 bits per heavy atom. The molecule has 0 amide bonds. The number of nitrogens with zero attached hydrogens (tertiary/aromatic N) is 4. The minimum atomic E-state index is 0.134. The second-order valence-corrected chi connectivity index (χ2v) is 6.54. The van der Waals surface area contributed by atoms with Gasteiger partial charge in [0.15, 0.2) is 5.65 Å². The van der Waals surface area contributed by atoms with E-state index in [0.29, 0.717) is 0 Å². The highest BCUT2D eigenvalue weighted by Gasteiger charge is 2.15. The van der Waals surface area contributed by atoms with Gasteiger partial charge in [-0.05, 0) is 27.2 Å². The molecule has 0 saturated heterocycles. The summed E-state index contributed by atoms with van der Waals surface area (Å²) >= 11 is 1.74. The van der Waals surface area contributed by atoms with Gasteiger partial charge in [0.05, 0.1) is 22.9 Å². The molecule has 0 radical (unpaired) electrons. The minimum Gasteiger partial charge on any atom is -0.362 e. The molecule has 6 heteroatoms. The fourth-order valence-electron chi connectivity index (χ4n) is 2.49. The second-order valence-electron chi connectivity index (χ2n) is 5.13. The first-order valence-corrected chi connectivity index (χ1v) is 7.94. The molecule has 0 aliphatic heterocycles. The van der Waals surface area contributed by atoms with Gasteiger partial charge in [0.25, 0.3) is 0 Å². The molecule has 21 heavy (non-hydrogen) atoms. The average molecular weight is 301 g/mol. The first-order valence-electron chi connectivity index (χ1n) is 7.12. The fourth-order valence-corrected chi connectivity index (χ4v) is 3.40. The molecule has 0 aromatic carbocycles. The molecule has 110 valence electrons. The largest absolute Gasteiger partial charge is 0.362 e. The zero-order chi connectivity index (χ0) is 15.0. The molecule has 0 saturated carbocycles. The van der Waals surface area contributed by atoms with Crippen LogP contribution in [-0.2, 0) is 6.42 Å². The van der Waals surface area contributed by atoms with E-state index in [1.54, 1.807) is 17.5 Å². The van der Waals surface area contributed by atoms with Crippen molar-refractivity contribution >= 4 is 22.8 Å². The van der Waals surface area contributed by atoms with Gasteiger partial charge < -0.3 is 5.32 Å². The summed E-state index contributed by atoms with van der Waals surface area (Å²) in [5.74, 6) is 0.958. The molecule has 3 aromatic rings. The minimum absolute atomic E-state index is 0.134. The van der Waals surface area contributed by atoms with Crippen LogP contribution in [-0.4, -0.2) is 19.6 Å². The summed E-state index contributed by atoms with van der Waals surface area (Å²) in [7, 11) is 0. The Bertz CT molecular complexity index is 774. The Kier molecular flexibility index (Phi) is 3.63. The van der Waals surface area contributed by atoms with E-state index < -0.39 is 0 Å². The predicted octanol–water partition coefficient (Wildman–Crippen LogP) is 3.54. The van der Waals surface area contributed by atoms with E-state index in [9.17, 15) is 0 Å². The van der Waals surface area contributed by atoms with Crippen molar-refractivity contribution in [3.8, 4) is 0 Å². The van der Waals surface area contributed by atoms with Gasteiger partial charge in [0.2, 0.25) is 0 Å². The highest BCUT2D eigenvalue weighted by atomic mass is 32.1. The summed E-state index contributed by atoms with van der Waals surface area (Å²) in [6.45, 7) is 8.39. The van der Waals surface area contributed by atoms with Crippen LogP contribution in [0, 0.1) is 13.8 Å². The molecule has 0 spiro atoms. The summed E-state index contributed by atoms with van der Waals surface area (Å²) < 4.78 is 1.84. The van der Waals surface area contributed by atoms with Crippen LogP contribution in [0.25, 0.3) is 5.65 Å². The zero-order valence-corrected chi connectivity index (χ0v) is 13.5. The summed E-state index contributed by atoms with van der Waals surface area (Å²) in [4.78, 5) is 10.4. The lowest BCUT2D eigenvalue weighted by Gasteiger charge is -2.16. The number of nitrogens with one attached hydrogen (secondary N) is 1. The third kappa shape index (κ3) is 2.63. The molecule has 0 aliphatic rings. The number of rotatable bonds is 4. The first kappa shape index (κ1) is 14.0. The van der Waals surface area contributed by atoms with E-state index in [0.717, 1.165) is 34.3 Å². The van der Waals surface area contributed by atoms with Crippen LogP contribution in [0.15, 0.2) is 18.3 Å². The van der Waals surface area contributed by atoms with Gasteiger partial charge in [-0.25, -0.2) is 9.97 Å². The molecule has 3 aromatic heterocycles. The van der Waals surface area contributed by atoms with E-state index in [-0.39, 0.29) is 6.04 Å². The number of fused-ring (bicyclic) bond motifs is 1. The van der Waals surface area contributed by atoms with Crippen LogP contribution in [0.2, 0.25) is 0 Å². The molecule has 5 nitrogen and oxygen atoms in total. The van der Waals surface area contributed by atoms with Crippen molar-refractivity contribution in [3.63, 3.8) is 0 Å². The van der Waals surface area contributed by atoms with Crippen LogP contribution in [0.4, 0.5) is 5.82 Å². The molecule has 0 bridgehead atoms. The zero-order valence-electron chi connectivity index (χ0n) is 12.7. The number of aromatic nitrogens is 4. The van der Waals surface area contributed by atoms with Gasteiger partial charge in [-0.1, -0.05) is 6.92 Å². The van der Waals surface area contributed by atoms with Crippen molar-refractivity contribution in [2.75, 3.05) is 5.32 Å². The van der Waals surface area contributed by atoms with Gasteiger partial charge in [-0.3, -0.25) is 0 Å². The van der Waals surface area contributed by atoms with Crippen LogP contribution in [0.5, 0.6) is 0 Å². The van der Waals surface area contributed by atoms with Gasteiger partial charge in [0, 0.05) is 22.7 Å². The van der Waals surface area contributed by atoms with E-state index in [1.165, 1.54) is 4.88 Å². The van der Waals surface area contributed by atoms with E-state index in [4.69, 9.17) is 0 Å². The first-order chi connectivity index (χ1) is 10.1. The van der Waals surface area contributed by atoms with Gasteiger partial charge in [-0.15, -0.1) is 11.3 Å². The Morgan fingerprint density at radius 2 is 2.14 bits per heavy atom. The lowest BCUT2D eigenvalue weighted by Crippen LogP contribution is -2.12. The van der Waals surface area contributed by atoms with Crippen molar-refractivity contribution < 1.29 is 0 Å². The van der Waals surface area contributed by atoms with Gasteiger partial charge in [0.1, 0.15) is 5.82 Å². The Labute approximate surface area is 128 Å². The lowest BCUT2D eigenvalue weighted by molar-refractivity contribution is 0.805. The summed E-state index contributed by atoms with van der Waals surface area (Å²) in [6, 6.07) is 4.12. The van der Waals surface area contributed by atoms with Crippen molar-refractivity contribution in [1.29, 1.82) is 0 Å². The molecule has 0 aliphatic carbocycles. The maximum atomic E-state index is 4.63. The number of hydrogen-bond acceptors (Lipinski definition) is 5. The molecule has 1 N–H and O–H groups in total. The number of anilines is 1. The molecule has 3 rings (SSSR count). The summed E-state index contributed by atoms with van der Waals surface area (Å²) in [5.41, 5.74) is 3.03. The lowest BCUT2D eigenvalue weighted by atomic mass is 10.2. The smallest absolute Gasteiger partial charge is 0.157 e. The van der Waals surface area contributed by atoms with E-state index in [1.807, 2.05) is 17.5 Å². The molecule has 1 atom stereocenters. The Hall–Kier alpha value is -1.95. The van der Waals surface area contributed by atoms with Gasteiger partial charge in [-0.2, -0.15) is 9.61 Å². The molecule has 0 unspecified atom stereocenters. The molecular weight excluding hydrogens is 282 g/mol.